The summed E-state index contributed by atoms with van der Waals surface area (Å²) in [5.74, 6) is 0.341. The minimum Gasteiger partial charge on any atom is -0.508 e. The van der Waals surface area contributed by atoms with E-state index in [1.54, 1.807) is 12.1 Å². The second-order valence-electron chi connectivity index (χ2n) is 4.21. The molecule has 0 unspecified atom stereocenters. The quantitative estimate of drug-likeness (QED) is 0.708. The summed E-state index contributed by atoms with van der Waals surface area (Å²) >= 11 is 0. The highest BCUT2D eigenvalue weighted by molar-refractivity contribution is 5.48. The predicted octanol–water partition coefficient (Wildman–Crippen LogP) is 3.80. The zero-order valence-corrected chi connectivity index (χ0v) is 10.4. The number of nitrogens with zero attached hydrogens (tertiary/aromatic N) is 1. The minimum absolute atomic E-state index is 0.341. The molecule has 16 heavy (non-hydrogen) atoms. The zero-order chi connectivity index (χ0) is 11.8. The van der Waals surface area contributed by atoms with Crippen molar-refractivity contribution in [3.63, 3.8) is 0 Å². The summed E-state index contributed by atoms with van der Waals surface area (Å²) in [5.41, 5.74) is 1.22. The number of phenolic OH excluding ortho intramolecular Hbond substituents is 1. The van der Waals surface area contributed by atoms with Crippen LogP contribution in [0.5, 0.6) is 5.75 Å². The molecule has 90 valence electrons. The molecule has 0 heterocycles. The summed E-state index contributed by atoms with van der Waals surface area (Å²) < 4.78 is 0. The van der Waals surface area contributed by atoms with E-state index in [1.165, 1.54) is 24.9 Å². The summed E-state index contributed by atoms with van der Waals surface area (Å²) in [6, 6.07) is 7.52. The molecule has 0 saturated heterocycles. The van der Waals surface area contributed by atoms with Gasteiger partial charge in [-0.15, -0.1) is 0 Å². The fourth-order valence-electron chi connectivity index (χ4n) is 1.86. The maximum Gasteiger partial charge on any atom is 0.115 e. The fraction of sp³-hybridized carbons (Fsp3) is 0.571. The lowest BCUT2D eigenvalue weighted by Gasteiger charge is -2.24. The molecule has 0 spiro atoms. The van der Waals surface area contributed by atoms with Gasteiger partial charge in [-0.2, -0.15) is 0 Å². The molecule has 0 atom stereocenters. The Labute approximate surface area is 98.9 Å². The van der Waals surface area contributed by atoms with E-state index in [0.29, 0.717) is 5.75 Å². The Balaban J connectivity index is 2.57. The molecule has 2 heteroatoms. The lowest BCUT2D eigenvalue weighted by Crippen LogP contribution is -2.25. The number of anilines is 1. The highest BCUT2D eigenvalue weighted by Crippen LogP contribution is 2.19. The Morgan fingerprint density at radius 3 is 2.19 bits per heavy atom. The van der Waals surface area contributed by atoms with Crippen LogP contribution in [0, 0.1) is 0 Å². The Bertz CT molecular complexity index is 281. The van der Waals surface area contributed by atoms with Gasteiger partial charge in [0.25, 0.3) is 0 Å². The first kappa shape index (κ1) is 12.9. The average molecular weight is 221 g/mol. The normalized spacial score (nSPS) is 10.4. The van der Waals surface area contributed by atoms with E-state index in [1.807, 2.05) is 12.1 Å². The van der Waals surface area contributed by atoms with Gasteiger partial charge in [0.1, 0.15) is 5.75 Å². The van der Waals surface area contributed by atoms with Crippen molar-refractivity contribution in [3.05, 3.63) is 24.3 Å². The first-order valence-corrected chi connectivity index (χ1v) is 6.32. The van der Waals surface area contributed by atoms with Crippen LogP contribution < -0.4 is 4.90 Å². The SMILES string of the molecule is CCCCCN(CCC)c1ccc(O)cc1. The topological polar surface area (TPSA) is 23.5 Å². The van der Waals surface area contributed by atoms with E-state index in [-0.39, 0.29) is 0 Å². The molecule has 0 bridgehead atoms. The molecule has 0 radical (unpaired) electrons. The van der Waals surface area contributed by atoms with Crippen molar-refractivity contribution >= 4 is 5.69 Å². The standard InChI is InChI=1S/C14H23NO/c1-3-5-6-12-15(11-4-2)13-7-9-14(16)10-8-13/h7-10,16H,3-6,11-12H2,1-2H3. The van der Waals surface area contributed by atoms with Crippen LogP contribution in [-0.2, 0) is 0 Å². The van der Waals surface area contributed by atoms with Gasteiger partial charge >= 0.3 is 0 Å². The second kappa shape index (κ2) is 7.15. The summed E-state index contributed by atoms with van der Waals surface area (Å²) in [6.07, 6.45) is 4.96. The molecule has 1 N–H and O–H groups in total. The highest BCUT2D eigenvalue weighted by Gasteiger charge is 2.04. The van der Waals surface area contributed by atoms with Gasteiger partial charge in [0.05, 0.1) is 0 Å². The van der Waals surface area contributed by atoms with Crippen LogP contribution in [0.15, 0.2) is 24.3 Å². The van der Waals surface area contributed by atoms with Crippen molar-refractivity contribution in [2.45, 2.75) is 39.5 Å². The molecular weight excluding hydrogens is 198 g/mol. The smallest absolute Gasteiger partial charge is 0.115 e. The van der Waals surface area contributed by atoms with E-state index in [2.05, 4.69) is 18.7 Å². The van der Waals surface area contributed by atoms with Crippen molar-refractivity contribution in [1.82, 2.24) is 0 Å². The zero-order valence-electron chi connectivity index (χ0n) is 10.4. The number of benzene rings is 1. The molecule has 1 aromatic rings. The van der Waals surface area contributed by atoms with E-state index in [0.717, 1.165) is 19.5 Å². The molecule has 2 nitrogen and oxygen atoms in total. The third-order valence-electron chi connectivity index (χ3n) is 2.74. The monoisotopic (exact) mass is 221 g/mol. The van der Waals surface area contributed by atoms with Gasteiger partial charge in [-0.25, -0.2) is 0 Å². The summed E-state index contributed by atoms with van der Waals surface area (Å²) in [4.78, 5) is 2.40. The number of hydrogen-bond donors (Lipinski definition) is 1. The third kappa shape index (κ3) is 4.13. The molecule has 0 aliphatic heterocycles. The summed E-state index contributed by atoms with van der Waals surface area (Å²) in [6.45, 7) is 6.64. The first-order chi connectivity index (χ1) is 7.77. The number of phenols is 1. The molecule has 0 amide bonds. The molecule has 0 saturated carbocycles. The van der Waals surface area contributed by atoms with Crippen LogP contribution in [0.25, 0.3) is 0 Å². The largest absolute Gasteiger partial charge is 0.508 e. The molecule has 0 fully saturated rings. The van der Waals surface area contributed by atoms with Crippen LogP contribution in [0.4, 0.5) is 5.69 Å². The van der Waals surface area contributed by atoms with Crippen molar-refractivity contribution in [3.8, 4) is 5.75 Å². The van der Waals surface area contributed by atoms with Crippen LogP contribution in [-0.4, -0.2) is 18.2 Å². The van der Waals surface area contributed by atoms with Crippen LogP contribution in [0.2, 0.25) is 0 Å². The number of unbranched alkanes of at least 4 members (excludes halogenated alkanes) is 2. The third-order valence-corrected chi connectivity index (χ3v) is 2.74. The van der Waals surface area contributed by atoms with Gasteiger partial charge in [0.2, 0.25) is 0 Å². The van der Waals surface area contributed by atoms with E-state index < -0.39 is 0 Å². The molecule has 1 aromatic carbocycles. The number of hydrogen-bond acceptors (Lipinski definition) is 2. The van der Waals surface area contributed by atoms with Crippen LogP contribution in [0.1, 0.15) is 39.5 Å². The van der Waals surface area contributed by atoms with Crippen LogP contribution in [0.3, 0.4) is 0 Å². The summed E-state index contributed by atoms with van der Waals surface area (Å²) in [5, 5.41) is 9.26. The molecule has 0 aliphatic rings. The Morgan fingerprint density at radius 2 is 1.62 bits per heavy atom. The molecular formula is C14H23NO. The van der Waals surface area contributed by atoms with Gasteiger partial charge < -0.3 is 10.0 Å². The van der Waals surface area contributed by atoms with E-state index in [4.69, 9.17) is 0 Å². The molecule has 0 aliphatic carbocycles. The lowest BCUT2D eigenvalue weighted by atomic mass is 10.2. The van der Waals surface area contributed by atoms with Crippen LogP contribution >= 0.6 is 0 Å². The Kier molecular flexibility index (Phi) is 5.76. The van der Waals surface area contributed by atoms with Gasteiger partial charge in [-0.1, -0.05) is 26.7 Å². The predicted molar refractivity (Wildman–Crippen MR) is 70.1 cm³/mol. The Morgan fingerprint density at radius 1 is 0.938 bits per heavy atom. The summed E-state index contributed by atoms with van der Waals surface area (Å²) in [7, 11) is 0. The van der Waals surface area contributed by atoms with Crippen molar-refractivity contribution in [2.24, 2.45) is 0 Å². The van der Waals surface area contributed by atoms with Gasteiger partial charge in [-0.3, -0.25) is 0 Å². The lowest BCUT2D eigenvalue weighted by molar-refractivity contribution is 0.475. The average Bonchev–Trinajstić information content (AvgIpc) is 2.29. The highest BCUT2D eigenvalue weighted by atomic mass is 16.3. The van der Waals surface area contributed by atoms with Gasteiger partial charge in [-0.05, 0) is 37.1 Å². The van der Waals surface area contributed by atoms with Crippen molar-refractivity contribution in [2.75, 3.05) is 18.0 Å². The first-order valence-electron chi connectivity index (χ1n) is 6.32. The second-order valence-corrected chi connectivity index (χ2v) is 4.21. The van der Waals surface area contributed by atoms with E-state index in [9.17, 15) is 5.11 Å². The number of aromatic hydroxyl groups is 1. The molecule has 0 aromatic heterocycles. The Hall–Kier alpha value is -1.18. The van der Waals surface area contributed by atoms with Crippen molar-refractivity contribution in [1.29, 1.82) is 0 Å². The fourth-order valence-corrected chi connectivity index (χ4v) is 1.86. The van der Waals surface area contributed by atoms with Crippen molar-refractivity contribution < 1.29 is 5.11 Å². The van der Waals surface area contributed by atoms with Gasteiger partial charge in [0, 0.05) is 18.8 Å². The van der Waals surface area contributed by atoms with E-state index >= 15 is 0 Å². The maximum atomic E-state index is 9.26. The minimum atomic E-state index is 0.341. The molecule has 1 rings (SSSR count). The number of rotatable bonds is 7. The maximum absolute atomic E-state index is 9.26. The van der Waals surface area contributed by atoms with Gasteiger partial charge in [0.15, 0.2) is 0 Å².